The SMILES string of the molecule is CCCN1CCN(C(=O)c2ccc(O)cc2)[C@@H]2CS(=O)(=O)C[C@@H]21. The van der Waals surface area contributed by atoms with E-state index in [2.05, 4.69) is 11.8 Å². The van der Waals surface area contributed by atoms with Gasteiger partial charge in [0.1, 0.15) is 5.75 Å². The molecule has 1 N–H and O–H groups in total. The highest BCUT2D eigenvalue weighted by Crippen LogP contribution is 2.28. The van der Waals surface area contributed by atoms with E-state index in [1.807, 2.05) is 0 Å². The third kappa shape index (κ3) is 3.21. The minimum atomic E-state index is -3.11. The quantitative estimate of drug-likeness (QED) is 0.879. The first-order valence-electron chi connectivity index (χ1n) is 7.96. The van der Waals surface area contributed by atoms with E-state index in [9.17, 15) is 18.3 Å². The number of piperazine rings is 1. The number of amides is 1. The van der Waals surface area contributed by atoms with E-state index >= 15 is 0 Å². The van der Waals surface area contributed by atoms with Crippen molar-refractivity contribution in [1.82, 2.24) is 9.80 Å². The minimum absolute atomic E-state index is 0.0434. The second-order valence-electron chi connectivity index (χ2n) is 6.29. The Hall–Kier alpha value is -1.60. The first kappa shape index (κ1) is 16.3. The van der Waals surface area contributed by atoms with Crippen molar-refractivity contribution in [3.63, 3.8) is 0 Å². The van der Waals surface area contributed by atoms with Crippen LogP contribution in [0.3, 0.4) is 0 Å². The highest BCUT2D eigenvalue weighted by atomic mass is 32.2. The second-order valence-corrected chi connectivity index (χ2v) is 8.45. The molecule has 0 aliphatic carbocycles. The summed E-state index contributed by atoms with van der Waals surface area (Å²) >= 11 is 0. The number of fused-ring (bicyclic) bond motifs is 1. The monoisotopic (exact) mass is 338 g/mol. The molecule has 6 nitrogen and oxygen atoms in total. The molecule has 0 spiro atoms. The van der Waals surface area contributed by atoms with Gasteiger partial charge in [-0.25, -0.2) is 8.42 Å². The van der Waals surface area contributed by atoms with Gasteiger partial charge in [0, 0.05) is 24.7 Å². The fourth-order valence-electron chi connectivity index (χ4n) is 3.61. The summed E-state index contributed by atoms with van der Waals surface area (Å²) in [7, 11) is -3.11. The molecular weight excluding hydrogens is 316 g/mol. The Morgan fingerprint density at radius 1 is 1.17 bits per heavy atom. The second kappa shape index (κ2) is 6.13. The number of carbonyl (C=O) groups is 1. The van der Waals surface area contributed by atoms with Crippen LogP contribution in [0.1, 0.15) is 23.7 Å². The highest BCUT2D eigenvalue weighted by Gasteiger charge is 2.47. The van der Waals surface area contributed by atoms with Crippen molar-refractivity contribution in [3.05, 3.63) is 29.8 Å². The Kier molecular flexibility index (Phi) is 4.33. The molecular formula is C16H22N2O4S. The molecule has 7 heteroatoms. The average Bonchev–Trinajstić information content (AvgIpc) is 2.83. The van der Waals surface area contributed by atoms with Crippen LogP contribution in [-0.4, -0.2) is 72.5 Å². The molecule has 126 valence electrons. The number of phenols is 1. The van der Waals surface area contributed by atoms with Gasteiger partial charge < -0.3 is 10.0 Å². The van der Waals surface area contributed by atoms with Crippen LogP contribution >= 0.6 is 0 Å². The largest absolute Gasteiger partial charge is 0.508 e. The molecule has 3 rings (SSSR count). The average molecular weight is 338 g/mol. The van der Waals surface area contributed by atoms with Crippen LogP contribution in [0, 0.1) is 0 Å². The molecule has 0 radical (unpaired) electrons. The summed E-state index contributed by atoms with van der Waals surface area (Å²) in [5.41, 5.74) is 0.481. The first-order valence-corrected chi connectivity index (χ1v) is 9.78. The lowest BCUT2D eigenvalue weighted by atomic mass is 10.0. The molecule has 0 bridgehead atoms. The lowest BCUT2D eigenvalue weighted by Crippen LogP contribution is -2.60. The lowest BCUT2D eigenvalue weighted by molar-refractivity contribution is 0.0333. The van der Waals surface area contributed by atoms with Gasteiger partial charge in [-0.05, 0) is 37.2 Å². The van der Waals surface area contributed by atoms with Gasteiger partial charge in [-0.3, -0.25) is 9.69 Å². The Balaban J connectivity index is 1.86. The maximum Gasteiger partial charge on any atom is 0.254 e. The van der Waals surface area contributed by atoms with Gasteiger partial charge in [-0.15, -0.1) is 0 Å². The standard InChI is InChI=1S/C16H22N2O4S/c1-2-7-17-8-9-18(15-11-23(21,22)10-14(15)17)16(20)12-3-5-13(19)6-4-12/h3-6,14-15,19H,2,7-11H2,1H3/t14-,15+/m0/s1. The van der Waals surface area contributed by atoms with Crippen LogP contribution in [0.15, 0.2) is 24.3 Å². The zero-order chi connectivity index (χ0) is 16.6. The Labute approximate surface area is 136 Å². The van der Waals surface area contributed by atoms with E-state index in [-0.39, 0.29) is 35.2 Å². The number of hydrogen-bond acceptors (Lipinski definition) is 5. The topological polar surface area (TPSA) is 77.9 Å². The van der Waals surface area contributed by atoms with Crippen LogP contribution in [-0.2, 0) is 9.84 Å². The summed E-state index contributed by atoms with van der Waals surface area (Å²) in [5, 5.41) is 9.35. The maximum absolute atomic E-state index is 12.8. The summed E-state index contributed by atoms with van der Waals surface area (Å²) in [6.07, 6.45) is 0.967. The van der Waals surface area contributed by atoms with Gasteiger partial charge in [0.25, 0.3) is 5.91 Å². The maximum atomic E-state index is 12.8. The fraction of sp³-hybridized carbons (Fsp3) is 0.562. The molecule has 1 amide bonds. The van der Waals surface area contributed by atoms with Crippen molar-refractivity contribution in [2.24, 2.45) is 0 Å². The van der Waals surface area contributed by atoms with Gasteiger partial charge in [-0.1, -0.05) is 6.92 Å². The molecule has 1 aromatic carbocycles. The van der Waals surface area contributed by atoms with Gasteiger partial charge in [0.15, 0.2) is 9.84 Å². The lowest BCUT2D eigenvalue weighted by Gasteiger charge is -2.43. The van der Waals surface area contributed by atoms with Gasteiger partial charge >= 0.3 is 0 Å². The summed E-state index contributed by atoms with van der Waals surface area (Å²) in [6, 6.07) is 5.73. The molecule has 0 unspecified atom stereocenters. The number of rotatable bonds is 3. The number of phenolic OH excluding ortho intramolecular Hbond substituents is 1. The molecule has 2 heterocycles. The predicted molar refractivity (Wildman–Crippen MR) is 87.2 cm³/mol. The van der Waals surface area contributed by atoms with E-state index in [1.54, 1.807) is 17.0 Å². The van der Waals surface area contributed by atoms with E-state index in [1.165, 1.54) is 12.1 Å². The van der Waals surface area contributed by atoms with E-state index in [0.717, 1.165) is 13.0 Å². The molecule has 2 aliphatic rings. The molecule has 1 aromatic rings. The van der Waals surface area contributed by atoms with Crippen LogP contribution in [0.5, 0.6) is 5.75 Å². The zero-order valence-corrected chi connectivity index (χ0v) is 14.0. The number of carbonyl (C=O) groups excluding carboxylic acids is 1. The van der Waals surface area contributed by atoms with E-state index in [4.69, 9.17) is 0 Å². The van der Waals surface area contributed by atoms with Crippen molar-refractivity contribution in [3.8, 4) is 5.75 Å². The summed E-state index contributed by atoms with van der Waals surface area (Å²) in [5.74, 6) is 0.127. The number of sulfone groups is 1. The highest BCUT2D eigenvalue weighted by molar-refractivity contribution is 7.91. The summed E-state index contributed by atoms with van der Waals surface area (Å²) in [6.45, 7) is 4.18. The first-order chi connectivity index (χ1) is 10.9. The van der Waals surface area contributed by atoms with Crippen molar-refractivity contribution in [1.29, 1.82) is 0 Å². The third-order valence-corrected chi connectivity index (χ3v) is 6.38. The van der Waals surface area contributed by atoms with Crippen LogP contribution in [0.4, 0.5) is 0 Å². The van der Waals surface area contributed by atoms with Crippen molar-refractivity contribution in [2.75, 3.05) is 31.1 Å². The van der Waals surface area contributed by atoms with Crippen LogP contribution < -0.4 is 0 Å². The zero-order valence-electron chi connectivity index (χ0n) is 13.2. The Morgan fingerprint density at radius 2 is 1.83 bits per heavy atom. The van der Waals surface area contributed by atoms with Gasteiger partial charge in [0.05, 0.1) is 17.5 Å². The fourth-order valence-corrected chi connectivity index (χ4v) is 5.62. The molecule has 2 atom stereocenters. The normalized spacial score (nSPS) is 26.9. The Morgan fingerprint density at radius 3 is 2.48 bits per heavy atom. The third-order valence-electron chi connectivity index (χ3n) is 4.68. The molecule has 2 saturated heterocycles. The van der Waals surface area contributed by atoms with Crippen LogP contribution in [0.25, 0.3) is 0 Å². The molecule has 0 aromatic heterocycles. The van der Waals surface area contributed by atoms with E-state index in [0.29, 0.717) is 18.7 Å². The van der Waals surface area contributed by atoms with E-state index < -0.39 is 9.84 Å². The van der Waals surface area contributed by atoms with Crippen molar-refractivity contribution < 1.29 is 18.3 Å². The summed E-state index contributed by atoms with van der Waals surface area (Å²) < 4.78 is 24.2. The summed E-state index contributed by atoms with van der Waals surface area (Å²) in [4.78, 5) is 16.7. The van der Waals surface area contributed by atoms with Gasteiger partial charge in [-0.2, -0.15) is 0 Å². The predicted octanol–water partition coefficient (Wildman–Crippen LogP) is 0.726. The number of aromatic hydroxyl groups is 1. The van der Waals surface area contributed by atoms with Crippen LogP contribution in [0.2, 0.25) is 0 Å². The molecule has 0 saturated carbocycles. The van der Waals surface area contributed by atoms with Crippen molar-refractivity contribution in [2.45, 2.75) is 25.4 Å². The number of hydrogen-bond donors (Lipinski definition) is 1. The number of benzene rings is 1. The smallest absolute Gasteiger partial charge is 0.254 e. The van der Waals surface area contributed by atoms with Gasteiger partial charge in [0.2, 0.25) is 0 Å². The minimum Gasteiger partial charge on any atom is -0.508 e. The molecule has 2 aliphatic heterocycles. The Bertz CT molecular complexity index is 687. The molecule has 2 fully saturated rings. The number of nitrogens with zero attached hydrogens (tertiary/aromatic N) is 2. The molecule has 23 heavy (non-hydrogen) atoms. The van der Waals surface area contributed by atoms with Crippen molar-refractivity contribution >= 4 is 15.7 Å².